The van der Waals surface area contributed by atoms with Crippen LogP contribution in [0.15, 0.2) is 24.3 Å². The molecule has 0 saturated heterocycles. The lowest BCUT2D eigenvalue weighted by Gasteiger charge is -2.17. The van der Waals surface area contributed by atoms with E-state index in [9.17, 15) is 4.79 Å². The Hall–Kier alpha value is -1.35. The number of rotatable bonds is 7. The lowest BCUT2D eigenvalue weighted by Crippen LogP contribution is -2.27. The van der Waals surface area contributed by atoms with Crippen molar-refractivity contribution in [1.82, 2.24) is 4.90 Å². The molecule has 1 amide bonds. The van der Waals surface area contributed by atoms with Crippen LogP contribution in [0.1, 0.15) is 42.1 Å². The molecular formula is C15H23NO2. The van der Waals surface area contributed by atoms with Crippen LogP contribution in [0.5, 0.6) is 0 Å². The highest BCUT2D eigenvalue weighted by atomic mass is 16.2. The number of hydrogen-bond acceptors (Lipinski definition) is 2. The highest BCUT2D eigenvalue weighted by molar-refractivity contribution is 5.94. The zero-order valence-electron chi connectivity index (χ0n) is 11.4. The molecule has 0 atom stereocenters. The van der Waals surface area contributed by atoms with Crippen LogP contribution in [0, 0.1) is 0 Å². The average molecular weight is 249 g/mol. The molecule has 0 aliphatic carbocycles. The molecule has 0 saturated carbocycles. The van der Waals surface area contributed by atoms with Crippen molar-refractivity contribution in [3.05, 3.63) is 35.4 Å². The molecule has 1 aromatic rings. The van der Waals surface area contributed by atoms with Gasteiger partial charge in [-0.15, -0.1) is 0 Å². The van der Waals surface area contributed by atoms with Gasteiger partial charge in [-0.3, -0.25) is 4.79 Å². The Balaban J connectivity index is 2.46. The van der Waals surface area contributed by atoms with Crippen molar-refractivity contribution in [2.75, 3.05) is 20.2 Å². The number of hydrogen-bond donors (Lipinski definition) is 1. The standard InChI is InChI=1S/C15H23NO2/c1-3-13-7-9-14(10-8-13)15(18)16(2)11-5-4-6-12-17/h7-10,17H,3-6,11-12H2,1-2H3. The summed E-state index contributed by atoms with van der Waals surface area (Å²) in [5, 5.41) is 8.69. The third-order valence-electron chi connectivity index (χ3n) is 3.11. The molecule has 3 heteroatoms. The Labute approximate surface area is 109 Å². The van der Waals surface area contributed by atoms with Gasteiger partial charge in [-0.2, -0.15) is 0 Å². The van der Waals surface area contributed by atoms with Gasteiger partial charge in [0.1, 0.15) is 0 Å². The van der Waals surface area contributed by atoms with Gasteiger partial charge in [0, 0.05) is 25.8 Å². The first-order valence-corrected chi connectivity index (χ1v) is 6.64. The van der Waals surface area contributed by atoms with Crippen molar-refractivity contribution in [3.63, 3.8) is 0 Å². The lowest BCUT2D eigenvalue weighted by molar-refractivity contribution is 0.0792. The Kier molecular flexibility index (Phi) is 6.44. The molecule has 1 aromatic carbocycles. The van der Waals surface area contributed by atoms with Crippen molar-refractivity contribution in [2.45, 2.75) is 32.6 Å². The Morgan fingerprint density at radius 1 is 1.17 bits per heavy atom. The number of amides is 1. The number of aryl methyl sites for hydroxylation is 1. The maximum Gasteiger partial charge on any atom is 0.253 e. The van der Waals surface area contributed by atoms with Gasteiger partial charge in [0.2, 0.25) is 0 Å². The molecule has 0 heterocycles. The van der Waals surface area contributed by atoms with E-state index in [1.54, 1.807) is 4.90 Å². The number of benzene rings is 1. The van der Waals surface area contributed by atoms with Crippen LogP contribution in [0.3, 0.4) is 0 Å². The van der Waals surface area contributed by atoms with Gasteiger partial charge in [0.15, 0.2) is 0 Å². The molecule has 0 aliphatic rings. The summed E-state index contributed by atoms with van der Waals surface area (Å²) in [5.74, 6) is 0.0710. The number of nitrogens with zero attached hydrogens (tertiary/aromatic N) is 1. The van der Waals surface area contributed by atoms with E-state index >= 15 is 0 Å². The minimum Gasteiger partial charge on any atom is -0.396 e. The molecule has 0 aliphatic heterocycles. The van der Waals surface area contributed by atoms with E-state index in [0.29, 0.717) is 0 Å². The van der Waals surface area contributed by atoms with E-state index in [2.05, 4.69) is 6.92 Å². The van der Waals surface area contributed by atoms with Crippen molar-refractivity contribution >= 4 is 5.91 Å². The van der Waals surface area contributed by atoms with E-state index in [-0.39, 0.29) is 12.5 Å². The average Bonchev–Trinajstić information content (AvgIpc) is 2.42. The van der Waals surface area contributed by atoms with E-state index in [0.717, 1.165) is 37.8 Å². The monoisotopic (exact) mass is 249 g/mol. The summed E-state index contributed by atoms with van der Waals surface area (Å²) in [7, 11) is 1.83. The van der Waals surface area contributed by atoms with E-state index < -0.39 is 0 Å². The molecule has 18 heavy (non-hydrogen) atoms. The molecule has 0 radical (unpaired) electrons. The number of aliphatic hydroxyl groups is 1. The zero-order chi connectivity index (χ0) is 13.4. The topological polar surface area (TPSA) is 40.5 Å². The van der Waals surface area contributed by atoms with Gasteiger partial charge in [-0.1, -0.05) is 19.1 Å². The Morgan fingerprint density at radius 2 is 1.83 bits per heavy atom. The normalized spacial score (nSPS) is 10.4. The summed E-state index contributed by atoms with van der Waals surface area (Å²) in [6.45, 7) is 3.08. The molecule has 3 nitrogen and oxygen atoms in total. The second kappa shape index (κ2) is 7.88. The van der Waals surface area contributed by atoms with Gasteiger partial charge in [-0.05, 0) is 43.4 Å². The van der Waals surface area contributed by atoms with Crippen LogP contribution in [0.25, 0.3) is 0 Å². The van der Waals surface area contributed by atoms with Gasteiger partial charge >= 0.3 is 0 Å². The van der Waals surface area contributed by atoms with Gasteiger partial charge in [0.25, 0.3) is 5.91 Å². The second-order valence-electron chi connectivity index (χ2n) is 4.56. The van der Waals surface area contributed by atoms with E-state index in [1.807, 2.05) is 31.3 Å². The number of unbranched alkanes of at least 4 members (excludes halogenated alkanes) is 2. The van der Waals surface area contributed by atoms with E-state index in [4.69, 9.17) is 5.11 Å². The largest absolute Gasteiger partial charge is 0.396 e. The third kappa shape index (κ3) is 4.49. The minimum absolute atomic E-state index is 0.0710. The smallest absolute Gasteiger partial charge is 0.253 e. The van der Waals surface area contributed by atoms with Gasteiger partial charge in [-0.25, -0.2) is 0 Å². The lowest BCUT2D eigenvalue weighted by atomic mass is 10.1. The number of carbonyl (C=O) groups is 1. The third-order valence-corrected chi connectivity index (χ3v) is 3.11. The summed E-state index contributed by atoms with van der Waals surface area (Å²) in [4.78, 5) is 13.8. The Bertz CT molecular complexity index is 359. The first kappa shape index (κ1) is 14.7. The summed E-state index contributed by atoms with van der Waals surface area (Å²) in [5.41, 5.74) is 1.99. The second-order valence-corrected chi connectivity index (χ2v) is 4.56. The van der Waals surface area contributed by atoms with Crippen LogP contribution in [0.2, 0.25) is 0 Å². The maximum absolute atomic E-state index is 12.1. The summed E-state index contributed by atoms with van der Waals surface area (Å²) < 4.78 is 0. The van der Waals surface area contributed by atoms with Crippen molar-refractivity contribution < 1.29 is 9.90 Å². The molecule has 1 N–H and O–H groups in total. The highest BCUT2D eigenvalue weighted by Gasteiger charge is 2.10. The molecule has 0 unspecified atom stereocenters. The molecule has 100 valence electrons. The minimum atomic E-state index is 0.0710. The number of carbonyl (C=O) groups excluding carboxylic acids is 1. The quantitative estimate of drug-likeness (QED) is 0.754. The SMILES string of the molecule is CCc1ccc(C(=O)N(C)CCCCCO)cc1. The highest BCUT2D eigenvalue weighted by Crippen LogP contribution is 2.08. The molecule has 0 fully saturated rings. The van der Waals surface area contributed by atoms with Crippen LogP contribution in [-0.4, -0.2) is 36.1 Å². The fraction of sp³-hybridized carbons (Fsp3) is 0.533. The fourth-order valence-electron chi connectivity index (χ4n) is 1.84. The first-order chi connectivity index (χ1) is 8.69. The molecule has 0 bridgehead atoms. The number of aliphatic hydroxyl groups excluding tert-OH is 1. The van der Waals surface area contributed by atoms with Gasteiger partial charge in [0.05, 0.1) is 0 Å². The van der Waals surface area contributed by atoms with Crippen LogP contribution < -0.4 is 0 Å². The molecule has 0 aromatic heterocycles. The van der Waals surface area contributed by atoms with Crippen molar-refractivity contribution in [1.29, 1.82) is 0 Å². The summed E-state index contributed by atoms with van der Waals surface area (Å²) >= 11 is 0. The first-order valence-electron chi connectivity index (χ1n) is 6.64. The van der Waals surface area contributed by atoms with Crippen molar-refractivity contribution in [2.24, 2.45) is 0 Å². The molecular weight excluding hydrogens is 226 g/mol. The zero-order valence-corrected chi connectivity index (χ0v) is 11.4. The van der Waals surface area contributed by atoms with Crippen LogP contribution in [0.4, 0.5) is 0 Å². The summed E-state index contributed by atoms with van der Waals surface area (Å²) in [6.07, 6.45) is 3.71. The Morgan fingerprint density at radius 3 is 2.39 bits per heavy atom. The van der Waals surface area contributed by atoms with Crippen LogP contribution >= 0.6 is 0 Å². The molecule has 0 spiro atoms. The summed E-state index contributed by atoms with van der Waals surface area (Å²) in [6, 6.07) is 7.80. The van der Waals surface area contributed by atoms with E-state index in [1.165, 1.54) is 5.56 Å². The predicted octanol–water partition coefficient (Wildman–Crippen LogP) is 2.48. The van der Waals surface area contributed by atoms with Crippen molar-refractivity contribution in [3.8, 4) is 0 Å². The van der Waals surface area contributed by atoms with Crippen LogP contribution in [-0.2, 0) is 6.42 Å². The predicted molar refractivity (Wildman–Crippen MR) is 73.7 cm³/mol. The maximum atomic E-state index is 12.1. The fourth-order valence-corrected chi connectivity index (χ4v) is 1.84. The molecule has 1 rings (SSSR count). The van der Waals surface area contributed by atoms with Gasteiger partial charge < -0.3 is 10.0 Å².